The zero-order chi connectivity index (χ0) is 8.23. The van der Waals surface area contributed by atoms with Crippen molar-refractivity contribution in [3.8, 4) is 0 Å². The summed E-state index contributed by atoms with van der Waals surface area (Å²) in [6, 6.07) is 1.96. The Morgan fingerprint density at radius 3 is 3.17 bits per heavy atom. The Labute approximate surface area is 75.8 Å². The van der Waals surface area contributed by atoms with Gasteiger partial charge in [0, 0.05) is 16.9 Å². The summed E-state index contributed by atoms with van der Waals surface area (Å²) in [7, 11) is 0. The third-order valence-corrected chi connectivity index (χ3v) is 2.75. The lowest BCUT2D eigenvalue weighted by Crippen LogP contribution is -1.70. The van der Waals surface area contributed by atoms with Gasteiger partial charge in [-0.1, -0.05) is 6.08 Å². The van der Waals surface area contributed by atoms with Crippen LogP contribution in [0.4, 0.5) is 0 Å². The van der Waals surface area contributed by atoms with E-state index in [2.05, 4.69) is 22.3 Å². The van der Waals surface area contributed by atoms with Crippen LogP contribution in [0, 0.1) is 0 Å². The van der Waals surface area contributed by atoms with E-state index in [-0.39, 0.29) is 0 Å². The molecule has 1 aromatic heterocycles. The molecule has 2 heterocycles. The van der Waals surface area contributed by atoms with Gasteiger partial charge in [-0.2, -0.15) is 5.10 Å². The van der Waals surface area contributed by atoms with Crippen molar-refractivity contribution in [1.82, 2.24) is 10.2 Å². The fourth-order valence-corrected chi connectivity index (χ4v) is 1.96. The van der Waals surface area contributed by atoms with E-state index in [9.17, 15) is 0 Å². The number of hydrogen-bond acceptors (Lipinski definition) is 2. The molecule has 2 nitrogen and oxygen atoms in total. The van der Waals surface area contributed by atoms with Crippen LogP contribution in [0.3, 0.4) is 0 Å². The maximum Gasteiger partial charge on any atom is 0.0848 e. The highest BCUT2D eigenvalue weighted by molar-refractivity contribution is 8.03. The molecule has 3 heteroatoms. The van der Waals surface area contributed by atoms with Gasteiger partial charge in [-0.25, -0.2) is 0 Å². The van der Waals surface area contributed by atoms with Gasteiger partial charge < -0.3 is 0 Å². The van der Waals surface area contributed by atoms with Gasteiger partial charge in [0.05, 0.1) is 5.69 Å². The Morgan fingerprint density at radius 1 is 1.50 bits per heavy atom. The monoisotopic (exact) mass is 178 g/mol. The lowest BCUT2D eigenvalue weighted by molar-refractivity contribution is 1.08. The van der Waals surface area contributed by atoms with Crippen LogP contribution < -0.4 is 0 Å². The number of hydrogen-bond donors (Lipinski definition) is 1. The van der Waals surface area contributed by atoms with E-state index in [1.807, 2.05) is 30.1 Å². The molecule has 12 heavy (non-hydrogen) atoms. The fraction of sp³-hybridized carbons (Fsp3) is 0.222. The van der Waals surface area contributed by atoms with Gasteiger partial charge in [-0.05, 0) is 24.6 Å². The first-order valence-corrected chi connectivity index (χ1v) is 4.94. The zero-order valence-electron chi connectivity index (χ0n) is 6.66. The SMILES string of the molecule is C1=C(/C=C/c2cc[nH]n2)SCC1. The lowest BCUT2D eigenvalue weighted by Gasteiger charge is -1.88. The van der Waals surface area contributed by atoms with Crippen LogP contribution in [0.1, 0.15) is 12.1 Å². The molecule has 1 N–H and O–H groups in total. The van der Waals surface area contributed by atoms with Crippen molar-refractivity contribution in [2.75, 3.05) is 5.75 Å². The van der Waals surface area contributed by atoms with Crippen molar-refractivity contribution >= 4 is 17.8 Å². The number of thioether (sulfide) groups is 1. The summed E-state index contributed by atoms with van der Waals surface area (Å²) in [5.74, 6) is 1.22. The average Bonchev–Trinajstić information content (AvgIpc) is 2.74. The van der Waals surface area contributed by atoms with Crippen molar-refractivity contribution in [2.24, 2.45) is 0 Å². The topological polar surface area (TPSA) is 28.7 Å². The maximum atomic E-state index is 4.03. The van der Waals surface area contributed by atoms with E-state index < -0.39 is 0 Å². The molecule has 0 fully saturated rings. The molecule has 2 rings (SSSR count). The minimum absolute atomic E-state index is 0.989. The first kappa shape index (κ1) is 7.68. The predicted octanol–water partition coefficient (Wildman–Crippen LogP) is 2.44. The predicted molar refractivity (Wildman–Crippen MR) is 52.8 cm³/mol. The molecule has 1 aromatic rings. The molecule has 0 atom stereocenters. The molecule has 0 saturated carbocycles. The largest absolute Gasteiger partial charge is 0.285 e. The van der Waals surface area contributed by atoms with Gasteiger partial charge in [0.15, 0.2) is 0 Å². The van der Waals surface area contributed by atoms with E-state index in [0.717, 1.165) is 5.69 Å². The quantitative estimate of drug-likeness (QED) is 0.753. The number of H-pyrrole nitrogens is 1. The molecule has 62 valence electrons. The highest BCUT2D eigenvalue weighted by atomic mass is 32.2. The summed E-state index contributed by atoms with van der Waals surface area (Å²) in [5, 5.41) is 6.81. The van der Waals surface area contributed by atoms with Gasteiger partial charge in [0.1, 0.15) is 0 Å². The number of nitrogens with zero attached hydrogens (tertiary/aromatic N) is 1. The van der Waals surface area contributed by atoms with Crippen LogP contribution >= 0.6 is 11.8 Å². The Balaban J connectivity index is 2.02. The zero-order valence-corrected chi connectivity index (χ0v) is 7.47. The van der Waals surface area contributed by atoms with Crippen molar-refractivity contribution < 1.29 is 0 Å². The smallest absolute Gasteiger partial charge is 0.0848 e. The molecule has 0 aromatic carbocycles. The van der Waals surface area contributed by atoms with Crippen LogP contribution in [0.15, 0.2) is 29.3 Å². The normalized spacial score (nSPS) is 17.2. The second-order valence-electron chi connectivity index (χ2n) is 2.58. The van der Waals surface area contributed by atoms with Crippen LogP contribution in [-0.4, -0.2) is 16.0 Å². The number of aromatic nitrogens is 2. The molecule has 0 amide bonds. The molecule has 0 bridgehead atoms. The number of aromatic amines is 1. The standard InChI is InChI=1S/C9H10N2S/c1-2-9(12-7-1)4-3-8-5-6-10-11-8/h2-6H,1,7H2,(H,10,11)/b4-3+. The van der Waals surface area contributed by atoms with Gasteiger partial charge in [0.2, 0.25) is 0 Å². The Hall–Kier alpha value is -0.960. The van der Waals surface area contributed by atoms with Crippen molar-refractivity contribution in [2.45, 2.75) is 6.42 Å². The highest BCUT2D eigenvalue weighted by Gasteiger charge is 2.00. The first-order valence-electron chi connectivity index (χ1n) is 3.96. The Bertz CT molecular complexity index is 298. The van der Waals surface area contributed by atoms with E-state index in [1.165, 1.54) is 17.1 Å². The van der Waals surface area contributed by atoms with Crippen molar-refractivity contribution in [3.05, 3.63) is 35.0 Å². The third-order valence-electron chi connectivity index (χ3n) is 1.67. The number of nitrogens with one attached hydrogen (secondary N) is 1. The Kier molecular flexibility index (Phi) is 2.32. The average molecular weight is 178 g/mol. The summed E-state index contributed by atoms with van der Waals surface area (Å²) < 4.78 is 0. The first-order chi connectivity index (χ1) is 5.95. The van der Waals surface area contributed by atoms with Gasteiger partial charge in [0.25, 0.3) is 0 Å². The summed E-state index contributed by atoms with van der Waals surface area (Å²) >= 11 is 1.90. The lowest BCUT2D eigenvalue weighted by atomic mass is 10.3. The van der Waals surface area contributed by atoms with Crippen LogP contribution in [0.5, 0.6) is 0 Å². The fourth-order valence-electron chi connectivity index (χ4n) is 1.09. The summed E-state index contributed by atoms with van der Waals surface area (Å²) in [6.07, 6.45) is 9.43. The van der Waals surface area contributed by atoms with E-state index in [4.69, 9.17) is 0 Å². The molecule has 0 saturated heterocycles. The maximum absolute atomic E-state index is 4.03. The van der Waals surface area contributed by atoms with E-state index >= 15 is 0 Å². The van der Waals surface area contributed by atoms with E-state index in [0.29, 0.717) is 0 Å². The van der Waals surface area contributed by atoms with Gasteiger partial charge in [-0.3, -0.25) is 5.10 Å². The Morgan fingerprint density at radius 2 is 2.50 bits per heavy atom. The van der Waals surface area contributed by atoms with Crippen LogP contribution in [0.25, 0.3) is 6.08 Å². The number of allylic oxidation sites excluding steroid dienone is 2. The van der Waals surface area contributed by atoms with E-state index in [1.54, 1.807) is 0 Å². The molecule has 1 aliphatic heterocycles. The van der Waals surface area contributed by atoms with Crippen LogP contribution in [0.2, 0.25) is 0 Å². The molecular weight excluding hydrogens is 168 g/mol. The molecule has 0 unspecified atom stereocenters. The van der Waals surface area contributed by atoms with Gasteiger partial charge >= 0.3 is 0 Å². The van der Waals surface area contributed by atoms with Crippen molar-refractivity contribution in [1.29, 1.82) is 0 Å². The molecule has 0 spiro atoms. The number of rotatable bonds is 2. The second-order valence-corrected chi connectivity index (χ2v) is 3.74. The van der Waals surface area contributed by atoms with Gasteiger partial charge in [-0.15, -0.1) is 11.8 Å². The summed E-state index contributed by atoms with van der Waals surface area (Å²) in [6.45, 7) is 0. The summed E-state index contributed by atoms with van der Waals surface area (Å²) in [4.78, 5) is 1.36. The summed E-state index contributed by atoms with van der Waals surface area (Å²) in [5.41, 5.74) is 0.989. The van der Waals surface area contributed by atoms with Crippen LogP contribution in [-0.2, 0) is 0 Å². The molecular formula is C9H10N2S. The van der Waals surface area contributed by atoms with Crippen molar-refractivity contribution in [3.63, 3.8) is 0 Å². The second kappa shape index (κ2) is 3.63. The molecule has 0 radical (unpaired) electrons. The molecule has 1 aliphatic rings. The minimum Gasteiger partial charge on any atom is -0.285 e. The highest BCUT2D eigenvalue weighted by Crippen LogP contribution is 2.25. The molecule has 0 aliphatic carbocycles. The third kappa shape index (κ3) is 1.80. The minimum atomic E-state index is 0.989.